The standard InChI is InChI=1S/C26H29N3O2S/c1-17-7-5-9-24(18(17)2)28-26(32)29(16-21-8-6-14-31-21)13-12-22-19(3)27-25-11-10-20(30-4)15-23(22)25/h5-11,14-15,27H,12-13,16H2,1-4H3,(H,28,32). The molecule has 0 aliphatic heterocycles. The minimum Gasteiger partial charge on any atom is -0.497 e. The van der Waals surface area contributed by atoms with Crippen molar-refractivity contribution < 1.29 is 9.15 Å². The molecule has 0 bridgehead atoms. The second-order valence-corrected chi connectivity index (χ2v) is 8.46. The molecule has 0 fully saturated rings. The van der Waals surface area contributed by atoms with Gasteiger partial charge in [0.15, 0.2) is 5.11 Å². The topological polar surface area (TPSA) is 53.4 Å². The van der Waals surface area contributed by atoms with Crippen molar-refractivity contribution in [3.05, 3.63) is 82.9 Å². The molecule has 0 unspecified atom stereocenters. The summed E-state index contributed by atoms with van der Waals surface area (Å²) in [4.78, 5) is 5.65. The summed E-state index contributed by atoms with van der Waals surface area (Å²) in [7, 11) is 1.70. The summed E-state index contributed by atoms with van der Waals surface area (Å²) in [6.07, 6.45) is 2.54. The Labute approximate surface area is 194 Å². The molecule has 0 radical (unpaired) electrons. The van der Waals surface area contributed by atoms with Gasteiger partial charge in [0.05, 0.1) is 19.9 Å². The number of fused-ring (bicyclic) bond motifs is 1. The lowest BCUT2D eigenvalue weighted by Crippen LogP contribution is -2.36. The Bertz CT molecular complexity index is 1230. The van der Waals surface area contributed by atoms with Gasteiger partial charge in [0.1, 0.15) is 11.5 Å². The average Bonchev–Trinajstić information content (AvgIpc) is 3.40. The van der Waals surface area contributed by atoms with E-state index >= 15 is 0 Å². The number of aromatic nitrogens is 1. The van der Waals surface area contributed by atoms with Crippen molar-refractivity contribution in [2.24, 2.45) is 0 Å². The van der Waals surface area contributed by atoms with Crippen LogP contribution in [0.3, 0.4) is 0 Å². The number of hydrogen-bond acceptors (Lipinski definition) is 3. The van der Waals surface area contributed by atoms with Crippen molar-refractivity contribution in [2.75, 3.05) is 19.0 Å². The smallest absolute Gasteiger partial charge is 0.173 e. The molecular weight excluding hydrogens is 418 g/mol. The molecule has 2 N–H and O–H groups in total. The lowest BCUT2D eigenvalue weighted by Gasteiger charge is -2.26. The van der Waals surface area contributed by atoms with Crippen molar-refractivity contribution in [1.82, 2.24) is 9.88 Å². The number of thiocarbonyl (C=S) groups is 1. The van der Waals surface area contributed by atoms with Crippen molar-refractivity contribution in [3.63, 3.8) is 0 Å². The highest BCUT2D eigenvalue weighted by molar-refractivity contribution is 7.80. The number of furan rings is 1. The zero-order valence-corrected chi connectivity index (χ0v) is 19.8. The van der Waals surface area contributed by atoms with Crippen LogP contribution in [0.25, 0.3) is 10.9 Å². The molecule has 0 saturated carbocycles. The van der Waals surface area contributed by atoms with Crippen LogP contribution in [-0.4, -0.2) is 28.7 Å². The molecule has 5 nitrogen and oxygen atoms in total. The summed E-state index contributed by atoms with van der Waals surface area (Å²) in [5, 5.41) is 5.33. The minimum absolute atomic E-state index is 0.606. The molecule has 4 aromatic rings. The summed E-state index contributed by atoms with van der Waals surface area (Å²) in [5.74, 6) is 1.74. The van der Waals surface area contributed by atoms with Gasteiger partial charge < -0.3 is 24.4 Å². The fourth-order valence-corrected chi connectivity index (χ4v) is 4.25. The summed E-state index contributed by atoms with van der Waals surface area (Å²) in [6, 6.07) is 16.3. The number of nitrogens with one attached hydrogen (secondary N) is 2. The normalized spacial score (nSPS) is 11.0. The van der Waals surface area contributed by atoms with Gasteiger partial charge in [-0.15, -0.1) is 0 Å². The molecule has 2 aromatic heterocycles. The molecule has 0 saturated heterocycles. The van der Waals surface area contributed by atoms with E-state index in [-0.39, 0.29) is 0 Å². The van der Waals surface area contributed by atoms with E-state index < -0.39 is 0 Å². The Kier molecular flexibility index (Phi) is 6.51. The van der Waals surface area contributed by atoms with Gasteiger partial charge in [-0.25, -0.2) is 0 Å². The number of H-pyrrole nitrogens is 1. The van der Waals surface area contributed by atoms with Crippen molar-refractivity contribution in [1.29, 1.82) is 0 Å². The van der Waals surface area contributed by atoms with Gasteiger partial charge in [-0.1, -0.05) is 12.1 Å². The van der Waals surface area contributed by atoms with E-state index in [1.54, 1.807) is 13.4 Å². The maximum Gasteiger partial charge on any atom is 0.173 e. The first-order valence-electron chi connectivity index (χ1n) is 10.8. The Morgan fingerprint density at radius 3 is 2.72 bits per heavy atom. The number of nitrogens with zero attached hydrogens (tertiary/aromatic N) is 1. The third-order valence-electron chi connectivity index (χ3n) is 6.02. The van der Waals surface area contributed by atoms with Crippen LogP contribution in [0.2, 0.25) is 0 Å². The first-order chi connectivity index (χ1) is 15.5. The number of methoxy groups -OCH3 is 1. The average molecular weight is 448 g/mol. The zero-order valence-electron chi connectivity index (χ0n) is 19.0. The van der Waals surface area contributed by atoms with Crippen LogP contribution in [0.4, 0.5) is 5.69 Å². The van der Waals surface area contributed by atoms with E-state index in [1.165, 1.54) is 27.8 Å². The highest BCUT2D eigenvalue weighted by Gasteiger charge is 2.16. The van der Waals surface area contributed by atoms with Crippen LogP contribution in [0.15, 0.2) is 59.2 Å². The maximum atomic E-state index is 5.84. The predicted octanol–water partition coefficient (Wildman–Crippen LogP) is 6.14. The van der Waals surface area contributed by atoms with Gasteiger partial charge >= 0.3 is 0 Å². The van der Waals surface area contributed by atoms with Crippen LogP contribution in [-0.2, 0) is 13.0 Å². The molecule has 166 valence electrons. The van der Waals surface area contributed by atoms with Gasteiger partial charge in [0.25, 0.3) is 0 Å². The number of benzene rings is 2. The molecule has 2 aromatic carbocycles. The number of ether oxygens (including phenoxy) is 1. The Morgan fingerprint density at radius 1 is 1.12 bits per heavy atom. The SMILES string of the molecule is COc1ccc2[nH]c(C)c(CCN(Cc3ccco3)C(=S)Nc3cccc(C)c3C)c2c1. The second kappa shape index (κ2) is 9.49. The Balaban J connectivity index is 1.57. The van der Waals surface area contributed by atoms with Crippen LogP contribution < -0.4 is 10.1 Å². The van der Waals surface area contributed by atoms with E-state index in [9.17, 15) is 0 Å². The molecule has 2 heterocycles. The summed E-state index contributed by atoms with van der Waals surface area (Å²) in [6.45, 7) is 7.69. The highest BCUT2D eigenvalue weighted by Crippen LogP contribution is 2.27. The molecule has 0 aliphatic rings. The minimum atomic E-state index is 0.606. The summed E-state index contributed by atoms with van der Waals surface area (Å²) in [5.41, 5.74) is 7.03. The van der Waals surface area contributed by atoms with Crippen LogP contribution in [0, 0.1) is 20.8 Å². The molecule has 0 atom stereocenters. The lowest BCUT2D eigenvalue weighted by molar-refractivity contribution is 0.368. The summed E-state index contributed by atoms with van der Waals surface area (Å²) < 4.78 is 11.1. The third kappa shape index (κ3) is 4.65. The molecule has 4 rings (SSSR count). The van der Waals surface area contributed by atoms with E-state index in [0.29, 0.717) is 11.7 Å². The fraction of sp³-hybridized carbons (Fsp3) is 0.269. The van der Waals surface area contributed by atoms with Gasteiger partial charge in [-0.2, -0.15) is 0 Å². The van der Waals surface area contributed by atoms with Crippen molar-refractivity contribution >= 4 is 33.9 Å². The van der Waals surface area contributed by atoms with Crippen molar-refractivity contribution in [3.8, 4) is 5.75 Å². The van der Waals surface area contributed by atoms with E-state index in [4.69, 9.17) is 21.4 Å². The Hall–Kier alpha value is -3.25. The first kappa shape index (κ1) is 22.0. The van der Waals surface area contributed by atoms with Gasteiger partial charge in [-0.3, -0.25) is 0 Å². The van der Waals surface area contributed by atoms with Gasteiger partial charge in [0, 0.05) is 28.8 Å². The highest BCUT2D eigenvalue weighted by atomic mass is 32.1. The van der Waals surface area contributed by atoms with E-state index in [0.717, 1.165) is 35.7 Å². The van der Waals surface area contributed by atoms with Gasteiger partial charge in [-0.05, 0) is 92.5 Å². The molecule has 32 heavy (non-hydrogen) atoms. The summed E-state index contributed by atoms with van der Waals surface area (Å²) >= 11 is 5.84. The second-order valence-electron chi connectivity index (χ2n) is 8.07. The van der Waals surface area contributed by atoms with E-state index in [1.807, 2.05) is 24.3 Å². The predicted molar refractivity (Wildman–Crippen MR) is 135 cm³/mol. The number of rotatable bonds is 7. The van der Waals surface area contributed by atoms with Gasteiger partial charge in [0.2, 0.25) is 0 Å². The largest absolute Gasteiger partial charge is 0.497 e. The van der Waals surface area contributed by atoms with Crippen LogP contribution in [0.1, 0.15) is 28.1 Å². The molecular formula is C26H29N3O2S. The molecule has 6 heteroatoms. The van der Waals surface area contributed by atoms with Crippen LogP contribution >= 0.6 is 12.2 Å². The third-order valence-corrected chi connectivity index (χ3v) is 6.38. The monoisotopic (exact) mass is 447 g/mol. The number of aryl methyl sites for hydroxylation is 2. The van der Waals surface area contributed by atoms with Crippen LogP contribution in [0.5, 0.6) is 5.75 Å². The number of anilines is 1. The number of hydrogen-bond donors (Lipinski definition) is 2. The fourth-order valence-electron chi connectivity index (χ4n) is 3.98. The quantitative estimate of drug-likeness (QED) is 0.334. The molecule has 0 amide bonds. The maximum absolute atomic E-state index is 5.84. The van der Waals surface area contributed by atoms with E-state index in [2.05, 4.69) is 60.2 Å². The molecule has 0 spiro atoms. The first-order valence-corrected chi connectivity index (χ1v) is 11.2. The Morgan fingerprint density at radius 2 is 1.97 bits per heavy atom. The molecule has 0 aliphatic carbocycles. The number of aromatic amines is 1. The lowest BCUT2D eigenvalue weighted by atomic mass is 10.1. The zero-order chi connectivity index (χ0) is 22.7. The van der Waals surface area contributed by atoms with Crippen molar-refractivity contribution in [2.45, 2.75) is 33.7 Å².